The molecule has 19 heavy (non-hydrogen) atoms. The molecule has 0 aromatic heterocycles. The lowest BCUT2D eigenvalue weighted by molar-refractivity contribution is 0.195. The minimum Gasteiger partial charge on any atom is -0.492 e. The number of benzene rings is 1. The van der Waals surface area contributed by atoms with Crippen molar-refractivity contribution in [3.05, 3.63) is 29.8 Å². The number of hydrogen-bond donors (Lipinski definition) is 1. The second-order valence-electron chi connectivity index (χ2n) is 5.87. The lowest BCUT2D eigenvalue weighted by Gasteiger charge is -2.21. The molecule has 2 N–H and O–H groups in total. The van der Waals surface area contributed by atoms with Gasteiger partial charge in [-0.1, -0.05) is 12.1 Å². The van der Waals surface area contributed by atoms with Crippen LogP contribution in [-0.2, 0) is 6.54 Å². The van der Waals surface area contributed by atoms with Crippen LogP contribution in [0, 0.1) is 5.92 Å². The summed E-state index contributed by atoms with van der Waals surface area (Å²) in [6, 6.07) is 8.97. The molecule has 0 amide bonds. The highest BCUT2D eigenvalue weighted by Crippen LogP contribution is 2.34. The molecule has 3 nitrogen and oxygen atoms in total. The highest BCUT2D eigenvalue weighted by molar-refractivity contribution is 5.27. The fraction of sp³-hybridized carbons (Fsp3) is 0.625. The lowest BCUT2D eigenvalue weighted by atomic mass is 10.2. The first-order valence-electron chi connectivity index (χ1n) is 7.51. The van der Waals surface area contributed by atoms with Gasteiger partial charge in [-0.25, -0.2) is 0 Å². The van der Waals surface area contributed by atoms with Crippen molar-refractivity contribution < 1.29 is 4.74 Å². The van der Waals surface area contributed by atoms with Crippen LogP contribution in [0.5, 0.6) is 5.75 Å². The van der Waals surface area contributed by atoms with Gasteiger partial charge in [0.05, 0.1) is 0 Å². The van der Waals surface area contributed by atoms with E-state index in [1.165, 1.54) is 32.2 Å². The Bertz CT molecular complexity index is 396. The van der Waals surface area contributed by atoms with Gasteiger partial charge in [-0.15, -0.1) is 0 Å². The van der Waals surface area contributed by atoms with Crippen LogP contribution >= 0.6 is 0 Å². The molecular weight excluding hydrogens is 236 g/mol. The number of nitrogens with zero attached hydrogens (tertiary/aromatic N) is 1. The van der Waals surface area contributed by atoms with Crippen LogP contribution in [0.2, 0.25) is 0 Å². The Morgan fingerprint density at radius 1 is 1.11 bits per heavy atom. The van der Waals surface area contributed by atoms with Crippen molar-refractivity contribution in [3.8, 4) is 5.75 Å². The van der Waals surface area contributed by atoms with Crippen molar-refractivity contribution in [2.75, 3.05) is 19.7 Å². The van der Waals surface area contributed by atoms with Crippen LogP contribution in [0.1, 0.15) is 31.2 Å². The van der Waals surface area contributed by atoms with Gasteiger partial charge < -0.3 is 10.5 Å². The second kappa shape index (κ2) is 5.93. The predicted octanol–water partition coefficient (Wildman–Crippen LogP) is 2.40. The standard InChI is InChI=1S/C16H24N2O/c17-11-13-3-7-16(8-4-13)19-10-9-18(15-5-6-15)12-14-1-2-14/h3-4,7-8,14-15H,1-2,5-6,9-12,17H2. The average Bonchev–Trinajstić information content (AvgIpc) is 3.30. The van der Waals surface area contributed by atoms with Crippen molar-refractivity contribution in [1.29, 1.82) is 0 Å². The lowest BCUT2D eigenvalue weighted by Crippen LogP contribution is -2.32. The van der Waals surface area contributed by atoms with E-state index in [1.807, 2.05) is 24.3 Å². The van der Waals surface area contributed by atoms with Gasteiger partial charge in [0.2, 0.25) is 0 Å². The zero-order valence-electron chi connectivity index (χ0n) is 11.6. The van der Waals surface area contributed by atoms with Gasteiger partial charge in [-0.2, -0.15) is 0 Å². The first-order valence-corrected chi connectivity index (χ1v) is 7.51. The van der Waals surface area contributed by atoms with E-state index in [1.54, 1.807) is 0 Å². The topological polar surface area (TPSA) is 38.5 Å². The maximum Gasteiger partial charge on any atom is 0.119 e. The molecule has 0 atom stereocenters. The molecule has 0 spiro atoms. The van der Waals surface area contributed by atoms with E-state index in [0.717, 1.165) is 36.4 Å². The Labute approximate surface area is 115 Å². The van der Waals surface area contributed by atoms with Crippen molar-refractivity contribution in [2.24, 2.45) is 11.7 Å². The molecule has 0 radical (unpaired) electrons. The third-order valence-corrected chi connectivity index (χ3v) is 4.06. The van der Waals surface area contributed by atoms with Gasteiger partial charge in [0.15, 0.2) is 0 Å². The third-order valence-electron chi connectivity index (χ3n) is 4.06. The molecule has 104 valence electrons. The Morgan fingerprint density at radius 3 is 2.42 bits per heavy atom. The molecule has 2 saturated carbocycles. The normalized spacial score (nSPS) is 18.8. The summed E-state index contributed by atoms with van der Waals surface area (Å²) in [6.07, 6.45) is 5.64. The van der Waals surface area contributed by atoms with E-state index < -0.39 is 0 Å². The molecule has 0 aliphatic heterocycles. The predicted molar refractivity (Wildman–Crippen MR) is 77.1 cm³/mol. The minimum atomic E-state index is 0.594. The van der Waals surface area contributed by atoms with Crippen LogP contribution in [0.3, 0.4) is 0 Å². The molecule has 2 aliphatic rings. The molecule has 2 fully saturated rings. The number of rotatable bonds is 8. The number of nitrogens with two attached hydrogens (primary N) is 1. The molecule has 3 rings (SSSR count). The summed E-state index contributed by atoms with van der Waals surface area (Å²) in [5, 5.41) is 0. The summed E-state index contributed by atoms with van der Waals surface area (Å²) in [5.41, 5.74) is 6.74. The Hall–Kier alpha value is -1.06. The smallest absolute Gasteiger partial charge is 0.119 e. The highest BCUT2D eigenvalue weighted by Gasteiger charge is 2.33. The van der Waals surface area contributed by atoms with E-state index in [0.29, 0.717) is 6.54 Å². The molecule has 2 aliphatic carbocycles. The van der Waals surface area contributed by atoms with Crippen molar-refractivity contribution in [2.45, 2.75) is 38.3 Å². The molecular formula is C16H24N2O. The molecule has 1 aromatic rings. The molecule has 0 saturated heterocycles. The van der Waals surface area contributed by atoms with Gasteiger partial charge in [0.25, 0.3) is 0 Å². The molecule has 0 bridgehead atoms. The molecule has 3 heteroatoms. The quantitative estimate of drug-likeness (QED) is 0.780. The third kappa shape index (κ3) is 3.95. The number of hydrogen-bond acceptors (Lipinski definition) is 3. The summed E-state index contributed by atoms with van der Waals surface area (Å²) < 4.78 is 5.83. The van der Waals surface area contributed by atoms with E-state index in [4.69, 9.17) is 10.5 Å². The average molecular weight is 260 g/mol. The fourth-order valence-electron chi connectivity index (χ4n) is 2.50. The van der Waals surface area contributed by atoms with Crippen molar-refractivity contribution >= 4 is 0 Å². The minimum absolute atomic E-state index is 0.594. The molecule has 0 unspecified atom stereocenters. The van der Waals surface area contributed by atoms with Crippen LogP contribution in [0.4, 0.5) is 0 Å². The second-order valence-corrected chi connectivity index (χ2v) is 5.87. The highest BCUT2D eigenvalue weighted by atomic mass is 16.5. The SMILES string of the molecule is NCc1ccc(OCCN(CC2CC2)C2CC2)cc1. The van der Waals surface area contributed by atoms with Gasteiger partial charge in [-0.3, -0.25) is 4.90 Å². The van der Waals surface area contributed by atoms with Crippen LogP contribution in [-0.4, -0.2) is 30.6 Å². The van der Waals surface area contributed by atoms with E-state index >= 15 is 0 Å². The fourth-order valence-corrected chi connectivity index (χ4v) is 2.50. The van der Waals surface area contributed by atoms with Crippen LogP contribution < -0.4 is 10.5 Å². The van der Waals surface area contributed by atoms with E-state index in [2.05, 4.69) is 4.90 Å². The maximum absolute atomic E-state index is 5.83. The first-order chi connectivity index (χ1) is 9.35. The zero-order valence-corrected chi connectivity index (χ0v) is 11.6. The van der Waals surface area contributed by atoms with Gasteiger partial charge in [0, 0.05) is 25.7 Å². The Balaban J connectivity index is 1.42. The van der Waals surface area contributed by atoms with Crippen molar-refractivity contribution in [1.82, 2.24) is 4.90 Å². The molecule has 0 heterocycles. The number of ether oxygens (including phenoxy) is 1. The summed E-state index contributed by atoms with van der Waals surface area (Å²) in [4.78, 5) is 2.63. The van der Waals surface area contributed by atoms with Crippen LogP contribution in [0.25, 0.3) is 0 Å². The summed E-state index contributed by atoms with van der Waals surface area (Å²) in [6.45, 7) is 3.75. The summed E-state index contributed by atoms with van der Waals surface area (Å²) in [5.74, 6) is 1.93. The first kappa shape index (κ1) is 12.9. The summed E-state index contributed by atoms with van der Waals surface area (Å²) >= 11 is 0. The maximum atomic E-state index is 5.83. The summed E-state index contributed by atoms with van der Waals surface area (Å²) in [7, 11) is 0. The Morgan fingerprint density at radius 2 is 1.84 bits per heavy atom. The van der Waals surface area contributed by atoms with Crippen LogP contribution in [0.15, 0.2) is 24.3 Å². The van der Waals surface area contributed by atoms with Gasteiger partial charge in [-0.05, 0) is 49.3 Å². The Kier molecular flexibility index (Phi) is 4.04. The molecule has 1 aromatic carbocycles. The zero-order chi connectivity index (χ0) is 13.1. The largest absolute Gasteiger partial charge is 0.492 e. The van der Waals surface area contributed by atoms with E-state index in [9.17, 15) is 0 Å². The van der Waals surface area contributed by atoms with E-state index in [-0.39, 0.29) is 0 Å². The monoisotopic (exact) mass is 260 g/mol. The van der Waals surface area contributed by atoms with Gasteiger partial charge in [0.1, 0.15) is 12.4 Å². The van der Waals surface area contributed by atoms with Crippen molar-refractivity contribution in [3.63, 3.8) is 0 Å². The van der Waals surface area contributed by atoms with Gasteiger partial charge >= 0.3 is 0 Å².